The van der Waals surface area contributed by atoms with Crippen molar-refractivity contribution >= 4 is 10.9 Å². The Labute approximate surface area is 78.3 Å². The topological polar surface area (TPSA) is 66.4 Å². The van der Waals surface area contributed by atoms with E-state index >= 15 is 0 Å². The van der Waals surface area contributed by atoms with Crippen molar-refractivity contribution in [3.05, 3.63) is 35.4 Å². The molecule has 0 aromatic heterocycles. The summed E-state index contributed by atoms with van der Waals surface area (Å²) in [5.74, 6) is 0. The maximum atomic E-state index is 10.2. The SMILES string of the molecule is Cc1ccc(C(O)N[SH](=O)=O)cc1. The van der Waals surface area contributed by atoms with Crippen molar-refractivity contribution in [2.24, 2.45) is 0 Å². The predicted octanol–water partition coefficient (Wildman–Crippen LogP) is 0.102. The average molecular weight is 201 g/mol. The fourth-order valence-electron chi connectivity index (χ4n) is 0.923. The molecule has 1 rings (SSSR count). The standard InChI is InChI=1S/C8H11NO3S/c1-6-2-4-7(5-3-6)8(10)9-13(11)12/h2-5,8,10,13H,1H3,(H,9,11,12). The Morgan fingerprint density at radius 3 is 2.31 bits per heavy atom. The van der Waals surface area contributed by atoms with E-state index in [-0.39, 0.29) is 0 Å². The van der Waals surface area contributed by atoms with E-state index in [1.807, 2.05) is 11.6 Å². The first-order valence-electron chi connectivity index (χ1n) is 3.75. The molecule has 0 bridgehead atoms. The Balaban J connectivity index is 2.77. The summed E-state index contributed by atoms with van der Waals surface area (Å²) in [6.07, 6.45) is -1.15. The summed E-state index contributed by atoms with van der Waals surface area (Å²) < 4.78 is 22.4. The molecule has 0 spiro atoms. The van der Waals surface area contributed by atoms with E-state index in [1.54, 1.807) is 24.3 Å². The fourth-order valence-corrected chi connectivity index (χ4v) is 1.27. The van der Waals surface area contributed by atoms with Crippen molar-refractivity contribution in [1.82, 2.24) is 4.72 Å². The lowest BCUT2D eigenvalue weighted by Crippen LogP contribution is -2.18. The third-order valence-corrected chi connectivity index (χ3v) is 2.08. The first kappa shape index (κ1) is 10.2. The highest BCUT2D eigenvalue weighted by Gasteiger charge is 2.05. The van der Waals surface area contributed by atoms with Gasteiger partial charge in [0.1, 0.15) is 6.23 Å². The van der Waals surface area contributed by atoms with Gasteiger partial charge in [0.15, 0.2) is 0 Å². The maximum Gasteiger partial charge on any atom is 0.203 e. The summed E-state index contributed by atoms with van der Waals surface area (Å²) in [4.78, 5) is 0. The lowest BCUT2D eigenvalue weighted by Gasteiger charge is -2.07. The van der Waals surface area contributed by atoms with E-state index < -0.39 is 17.1 Å². The molecule has 5 heteroatoms. The van der Waals surface area contributed by atoms with Crippen LogP contribution in [-0.4, -0.2) is 13.5 Å². The highest BCUT2D eigenvalue weighted by molar-refractivity contribution is 7.70. The zero-order valence-corrected chi connectivity index (χ0v) is 7.99. The molecule has 0 aliphatic carbocycles. The Morgan fingerprint density at radius 1 is 1.31 bits per heavy atom. The van der Waals surface area contributed by atoms with Gasteiger partial charge in [-0.2, -0.15) is 4.72 Å². The lowest BCUT2D eigenvalue weighted by molar-refractivity contribution is 0.168. The van der Waals surface area contributed by atoms with Gasteiger partial charge in [0, 0.05) is 0 Å². The second kappa shape index (κ2) is 4.36. The van der Waals surface area contributed by atoms with Crippen LogP contribution in [-0.2, 0) is 10.9 Å². The largest absolute Gasteiger partial charge is 0.373 e. The predicted molar refractivity (Wildman–Crippen MR) is 49.6 cm³/mol. The molecule has 2 N–H and O–H groups in total. The van der Waals surface area contributed by atoms with Crippen LogP contribution in [0.5, 0.6) is 0 Å². The van der Waals surface area contributed by atoms with E-state index in [1.165, 1.54) is 0 Å². The average Bonchev–Trinajstić information content (AvgIpc) is 2.04. The van der Waals surface area contributed by atoms with Crippen LogP contribution in [0.25, 0.3) is 0 Å². The second-order valence-electron chi connectivity index (χ2n) is 2.70. The number of aryl methyl sites for hydroxylation is 1. The number of aliphatic hydroxyl groups is 1. The number of nitrogens with one attached hydrogen (secondary N) is 1. The van der Waals surface area contributed by atoms with Crippen LogP contribution in [0.3, 0.4) is 0 Å². The molecule has 0 aliphatic heterocycles. The number of hydrogen-bond acceptors (Lipinski definition) is 3. The van der Waals surface area contributed by atoms with Gasteiger partial charge in [-0.3, -0.25) is 0 Å². The molecule has 0 aliphatic rings. The van der Waals surface area contributed by atoms with E-state index in [0.29, 0.717) is 5.56 Å². The Bertz CT molecular complexity index is 337. The monoisotopic (exact) mass is 201 g/mol. The van der Waals surface area contributed by atoms with E-state index in [0.717, 1.165) is 5.56 Å². The molecule has 0 heterocycles. The summed E-state index contributed by atoms with van der Waals surface area (Å²) in [5.41, 5.74) is 1.59. The van der Waals surface area contributed by atoms with Gasteiger partial charge in [-0.1, -0.05) is 29.8 Å². The summed E-state index contributed by atoms with van der Waals surface area (Å²) in [5, 5.41) is 9.29. The molecular weight excluding hydrogens is 190 g/mol. The molecule has 4 nitrogen and oxygen atoms in total. The van der Waals surface area contributed by atoms with Crippen LogP contribution in [0.15, 0.2) is 24.3 Å². The van der Waals surface area contributed by atoms with Gasteiger partial charge in [-0.25, -0.2) is 8.42 Å². The molecule has 1 unspecified atom stereocenters. The number of aliphatic hydroxyl groups excluding tert-OH is 1. The molecule has 1 atom stereocenters. The molecular formula is C8H11NO3S. The first-order valence-corrected chi connectivity index (χ1v) is 4.92. The molecule has 0 saturated heterocycles. The molecule has 1 aromatic carbocycles. The fraction of sp³-hybridized carbons (Fsp3) is 0.250. The molecule has 1 aromatic rings. The van der Waals surface area contributed by atoms with Crippen molar-refractivity contribution in [3.63, 3.8) is 0 Å². The molecule has 0 fully saturated rings. The van der Waals surface area contributed by atoms with E-state index in [4.69, 9.17) is 0 Å². The minimum atomic E-state index is -2.77. The van der Waals surface area contributed by atoms with Gasteiger partial charge in [-0.05, 0) is 12.5 Å². The van der Waals surface area contributed by atoms with Crippen LogP contribution in [0.1, 0.15) is 17.4 Å². The maximum absolute atomic E-state index is 10.2. The molecule has 0 saturated carbocycles. The van der Waals surface area contributed by atoms with E-state index in [9.17, 15) is 13.5 Å². The van der Waals surface area contributed by atoms with Gasteiger partial charge in [0.25, 0.3) is 0 Å². The summed E-state index contributed by atoms with van der Waals surface area (Å²) in [6.45, 7) is 1.91. The van der Waals surface area contributed by atoms with Crippen molar-refractivity contribution in [3.8, 4) is 0 Å². The van der Waals surface area contributed by atoms with Crippen molar-refractivity contribution in [2.75, 3.05) is 0 Å². The molecule has 72 valence electrons. The third-order valence-electron chi connectivity index (χ3n) is 1.62. The highest BCUT2D eigenvalue weighted by atomic mass is 32.2. The molecule has 0 amide bonds. The smallest absolute Gasteiger partial charge is 0.203 e. The van der Waals surface area contributed by atoms with Gasteiger partial charge in [0.05, 0.1) is 0 Å². The highest BCUT2D eigenvalue weighted by Crippen LogP contribution is 2.10. The zero-order chi connectivity index (χ0) is 9.84. The first-order chi connectivity index (χ1) is 6.09. The number of thiol groups is 1. The van der Waals surface area contributed by atoms with Gasteiger partial charge in [0.2, 0.25) is 10.9 Å². The summed E-state index contributed by atoms with van der Waals surface area (Å²) >= 11 is 0. The van der Waals surface area contributed by atoms with Crippen LogP contribution in [0.4, 0.5) is 0 Å². The van der Waals surface area contributed by atoms with Gasteiger partial charge < -0.3 is 5.11 Å². The Hall–Kier alpha value is -0.910. The molecule has 13 heavy (non-hydrogen) atoms. The second-order valence-corrected chi connectivity index (χ2v) is 3.47. The summed E-state index contributed by atoms with van der Waals surface area (Å²) in [7, 11) is -2.77. The number of benzene rings is 1. The van der Waals surface area contributed by atoms with E-state index in [2.05, 4.69) is 0 Å². The zero-order valence-electron chi connectivity index (χ0n) is 7.10. The normalized spacial score (nSPS) is 13.2. The quantitative estimate of drug-likeness (QED) is 0.480. The van der Waals surface area contributed by atoms with Gasteiger partial charge >= 0.3 is 0 Å². The molecule has 0 radical (unpaired) electrons. The van der Waals surface area contributed by atoms with Crippen molar-refractivity contribution in [2.45, 2.75) is 13.2 Å². The van der Waals surface area contributed by atoms with Crippen LogP contribution < -0.4 is 4.72 Å². The Morgan fingerprint density at radius 2 is 1.85 bits per heavy atom. The number of hydrogen-bond donors (Lipinski definition) is 3. The number of rotatable bonds is 3. The minimum absolute atomic E-state index is 0.532. The van der Waals surface area contributed by atoms with Crippen molar-refractivity contribution in [1.29, 1.82) is 0 Å². The van der Waals surface area contributed by atoms with Crippen LogP contribution in [0.2, 0.25) is 0 Å². The summed E-state index contributed by atoms with van der Waals surface area (Å²) in [6, 6.07) is 6.95. The van der Waals surface area contributed by atoms with Crippen LogP contribution in [0, 0.1) is 6.92 Å². The lowest BCUT2D eigenvalue weighted by atomic mass is 10.1. The minimum Gasteiger partial charge on any atom is -0.373 e. The van der Waals surface area contributed by atoms with Crippen molar-refractivity contribution < 1.29 is 13.5 Å². The van der Waals surface area contributed by atoms with Crippen LogP contribution >= 0.6 is 0 Å². The third kappa shape index (κ3) is 3.14. The van der Waals surface area contributed by atoms with Gasteiger partial charge in [-0.15, -0.1) is 0 Å². The Kier molecular flexibility index (Phi) is 3.41.